The monoisotopic (exact) mass is 435 g/mol. The summed E-state index contributed by atoms with van der Waals surface area (Å²) in [6.45, 7) is 1.67. The number of anilines is 1. The number of nitrogens with zero attached hydrogens (tertiary/aromatic N) is 1. The van der Waals surface area contributed by atoms with E-state index in [1.165, 1.54) is 12.1 Å². The highest BCUT2D eigenvalue weighted by Crippen LogP contribution is 2.41. The number of nitrogens with one attached hydrogen (secondary N) is 1. The molecule has 30 heavy (non-hydrogen) atoms. The quantitative estimate of drug-likeness (QED) is 0.519. The van der Waals surface area contributed by atoms with Crippen molar-refractivity contribution in [2.45, 2.75) is 23.2 Å². The lowest BCUT2D eigenvalue weighted by atomic mass is 9.74. The lowest BCUT2D eigenvalue weighted by Gasteiger charge is -2.38. The third-order valence-corrected chi connectivity index (χ3v) is 6.49. The molecule has 0 amide bonds. The Morgan fingerprint density at radius 1 is 1.10 bits per heavy atom. The number of non-ortho nitro benzene ring substituents is 1. The molecule has 1 saturated heterocycles. The molecule has 10 nitrogen and oxygen atoms in total. The second-order valence-corrected chi connectivity index (χ2v) is 8.83. The standard InChI is InChI=1S/C19H21N3O7S/c20-30(25,26)18-10-14(22(23)24)2-3-15(18)21-11-19(5-7-27-8-6-19)13-1-4-16-17(9-13)29-12-28-16/h1-4,9-10,21H,5-8,11-12H2,(H2,20,25,26). The molecule has 1 fully saturated rings. The average Bonchev–Trinajstić information content (AvgIpc) is 3.20. The van der Waals surface area contributed by atoms with Crippen LogP contribution in [0.25, 0.3) is 0 Å². The number of sulfonamides is 1. The van der Waals surface area contributed by atoms with E-state index in [1.807, 2.05) is 18.2 Å². The van der Waals surface area contributed by atoms with Crippen molar-refractivity contribution < 1.29 is 27.6 Å². The van der Waals surface area contributed by atoms with Crippen molar-refractivity contribution in [1.82, 2.24) is 0 Å². The number of primary sulfonamides is 1. The highest BCUT2D eigenvalue weighted by atomic mass is 32.2. The molecule has 2 heterocycles. The first-order chi connectivity index (χ1) is 14.3. The molecule has 3 N–H and O–H groups in total. The fourth-order valence-electron chi connectivity index (χ4n) is 3.83. The van der Waals surface area contributed by atoms with Gasteiger partial charge in [0.1, 0.15) is 4.90 Å². The molecular weight excluding hydrogens is 414 g/mol. The van der Waals surface area contributed by atoms with Crippen molar-refractivity contribution in [3.05, 3.63) is 52.1 Å². The van der Waals surface area contributed by atoms with Crippen molar-refractivity contribution in [2.75, 3.05) is 31.9 Å². The van der Waals surface area contributed by atoms with Crippen LogP contribution in [0.4, 0.5) is 11.4 Å². The van der Waals surface area contributed by atoms with Crippen LogP contribution in [0.3, 0.4) is 0 Å². The van der Waals surface area contributed by atoms with Gasteiger partial charge in [0.05, 0.1) is 10.6 Å². The van der Waals surface area contributed by atoms with Gasteiger partial charge >= 0.3 is 0 Å². The Balaban J connectivity index is 1.66. The van der Waals surface area contributed by atoms with Crippen LogP contribution in [0.15, 0.2) is 41.3 Å². The zero-order valence-electron chi connectivity index (χ0n) is 16.0. The molecule has 4 rings (SSSR count). The number of rotatable bonds is 6. The van der Waals surface area contributed by atoms with Gasteiger partial charge in [-0.3, -0.25) is 10.1 Å². The average molecular weight is 435 g/mol. The second kappa shape index (κ2) is 7.74. The van der Waals surface area contributed by atoms with Gasteiger partial charge in [0.25, 0.3) is 5.69 Å². The topological polar surface area (TPSA) is 143 Å². The predicted octanol–water partition coefficient (Wildman–Crippen LogP) is 2.13. The molecule has 0 unspecified atom stereocenters. The Bertz CT molecular complexity index is 1080. The van der Waals surface area contributed by atoms with Gasteiger partial charge in [-0.25, -0.2) is 13.6 Å². The van der Waals surface area contributed by atoms with E-state index in [1.54, 1.807) is 0 Å². The molecule has 0 spiro atoms. The number of fused-ring (bicyclic) bond motifs is 1. The minimum Gasteiger partial charge on any atom is -0.454 e. The summed E-state index contributed by atoms with van der Waals surface area (Å²) in [5, 5.41) is 19.5. The fourth-order valence-corrected chi connectivity index (χ4v) is 4.56. The van der Waals surface area contributed by atoms with Crippen LogP contribution in [0.5, 0.6) is 11.5 Å². The Kier molecular flexibility index (Phi) is 5.26. The molecular formula is C19H21N3O7S. The number of benzene rings is 2. The summed E-state index contributed by atoms with van der Waals surface area (Å²) in [7, 11) is -4.16. The molecule has 0 bridgehead atoms. The molecule has 2 aromatic rings. The van der Waals surface area contributed by atoms with E-state index in [4.69, 9.17) is 19.3 Å². The molecule has 0 saturated carbocycles. The third-order valence-electron chi connectivity index (χ3n) is 5.53. The van der Waals surface area contributed by atoms with Crippen LogP contribution in [-0.4, -0.2) is 39.9 Å². The third kappa shape index (κ3) is 3.91. The van der Waals surface area contributed by atoms with E-state index >= 15 is 0 Å². The largest absolute Gasteiger partial charge is 0.454 e. The number of hydrogen-bond acceptors (Lipinski definition) is 8. The van der Waals surface area contributed by atoms with E-state index in [0.717, 1.165) is 11.6 Å². The van der Waals surface area contributed by atoms with E-state index in [2.05, 4.69) is 5.32 Å². The number of nitrogens with two attached hydrogens (primary N) is 1. The van der Waals surface area contributed by atoms with Crippen molar-refractivity contribution in [3.63, 3.8) is 0 Å². The molecule has 2 aliphatic rings. The molecule has 2 aliphatic heterocycles. The van der Waals surface area contributed by atoms with Gasteiger partial charge in [-0.2, -0.15) is 0 Å². The first-order valence-electron chi connectivity index (χ1n) is 9.32. The summed E-state index contributed by atoms with van der Waals surface area (Å²) in [6, 6.07) is 9.34. The molecule has 0 aliphatic carbocycles. The van der Waals surface area contributed by atoms with Crippen molar-refractivity contribution in [1.29, 1.82) is 0 Å². The molecule has 11 heteroatoms. The maximum atomic E-state index is 12.0. The predicted molar refractivity (Wildman–Crippen MR) is 107 cm³/mol. The number of nitro groups is 1. The van der Waals surface area contributed by atoms with E-state index in [9.17, 15) is 18.5 Å². The van der Waals surface area contributed by atoms with Gasteiger partial charge in [0.15, 0.2) is 11.5 Å². The Hall–Kier alpha value is -2.89. The van der Waals surface area contributed by atoms with Gasteiger partial charge < -0.3 is 19.5 Å². The zero-order valence-corrected chi connectivity index (χ0v) is 16.8. The van der Waals surface area contributed by atoms with Gasteiger partial charge in [0, 0.05) is 37.3 Å². The maximum absolute atomic E-state index is 12.0. The minimum atomic E-state index is -4.16. The first kappa shape index (κ1) is 20.4. The van der Waals surface area contributed by atoms with Crippen LogP contribution in [0.2, 0.25) is 0 Å². The smallest absolute Gasteiger partial charge is 0.270 e. The van der Waals surface area contributed by atoms with Crippen LogP contribution >= 0.6 is 0 Å². The van der Waals surface area contributed by atoms with E-state index in [-0.39, 0.29) is 28.5 Å². The van der Waals surface area contributed by atoms with Gasteiger partial charge in [0.2, 0.25) is 16.8 Å². The fraction of sp³-hybridized carbons (Fsp3) is 0.368. The minimum absolute atomic E-state index is 0.174. The highest BCUT2D eigenvalue weighted by molar-refractivity contribution is 7.89. The van der Waals surface area contributed by atoms with E-state index < -0.39 is 14.9 Å². The van der Waals surface area contributed by atoms with Crippen molar-refractivity contribution in [3.8, 4) is 11.5 Å². The molecule has 160 valence electrons. The summed E-state index contributed by atoms with van der Waals surface area (Å²) in [6.07, 6.45) is 1.41. The van der Waals surface area contributed by atoms with Crippen molar-refractivity contribution in [2.24, 2.45) is 5.14 Å². The van der Waals surface area contributed by atoms with Crippen molar-refractivity contribution >= 4 is 21.4 Å². The molecule has 2 aromatic carbocycles. The first-order valence-corrected chi connectivity index (χ1v) is 10.9. The summed E-state index contributed by atoms with van der Waals surface area (Å²) >= 11 is 0. The summed E-state index contributed by atoms with van der Waals surface area (Å²) in [5.41, 5.74) is 0.536. The Morgan fingerprint density at radius 3 is 2.53 bits per heavy atom. The summed E-state index contributed by atoms with van der Waals surface area (Å²) < 4.78 is 40.5. The lowest BCUT2D eigenvalue weighted by Crippen LogP contribution is -2.40. The zero-order chi connectivity index (χ0) is 21.4. The highest BCUT2D eigenvalue weighted by Gasteiger charge is 2.36. The maximum Gasteiger partial charge on any atom is 0.270 e. The molecule has 0 aromatic heterocycles. The molecule has 0 atom stereocenters. The summed E-state index contributed by atoms with van der Waals surface area (Å²) in [4.78, 5) is 10.1. The van der Waals surface area contributed by atoms with Gasteiger partial charge in [-0.1, -0.05) is 6.07 Å². The summed E-state index contributed by atoms with van der Waals surface area (Å²) in [5.74, 6) is 1.35. The van der Waals surface area contributed by atoms with Crippen LogP contribution < -0.4 is 19.9 Å². The van der Waals surface area contributed by atoms with Crippen LogP contribution in [0.1, 0.15) is 18.4 Å². The second-order valence-electron chi connectivity index (χ2n) is 7.30. The Morgan fingerprint density at radius 2 is 1.83 bits per heavy atom. The number of ether oxygens (including phenoxy) is 3. The number of hydrogen-bond donors (Lipinski definition) is 2. The molecule has 0 radical (unpaired) electrons. The van der Waals surface area contributed by atoms with E-state index in [0.29, 0.717) is 44.1 Å². The van der Waals surface area contributed by atoms with Gasteiger partial charge in [-0.15, -0.1) is 0 Å². The number of nitro benzene ring substituents is 1. The van der Waals surface area contributed by atoms with Gasteiger partial charge in [-0.05, 0) is 36.6 Å². The normalized spacial score (nSPS) is 17.5. The Labute approximate surface area is 173 Å². The van der Waals surface area contributed by atoms with Crippen LogP contribution in [0, 0.1) is 10.1 Å². The lowest BCUT2D eigenvalue weighted by molar-refractivity contribution is -0.385. The van der Waals surface area contributed by atoms with Crippen LogP contribution in [-0.2, 0) is 20.2 Å². The SMILES string of the molecule is NS(=O)(=O)c1cc([N+](=O)[O-])ccc1NCC1(c2ccc3c(c2)OCO3)CCOCC1.